The molecule has 6 heteroatoms. The lowest BCUT2D eigenvalue weighted by Gasteiger charge is -2.20. The molecule has 0 aromatic carbocycles. The molecule has 0 amide bonds. The van der Waals surface area contributed by atoms with Crippen LogP contribution in [-0.2, 0) is 0 Å². The molecule has 0 spiro atoms. The van der Waals surface area contributed by atoms with Crippen molar-refractivity contribution in [3.63, 3.8) is 0 Å². The van der Waals surface area contributed by atoms with Gasteiger partial charge in [-0.25, -0.2) is 0 Å². The number of nitrogens with two attached hydrogens (primary N) is 1. The lowest BCUT2D eigenvalue weighted by molar-refractivity contribution is 0.542. The van der Waals surface area contributed by atoms with Crippen molar-refractivity contribution in [2.24, 2.45) is 5.73 Å². The third-order valence-electron chi connectivity index (χ3n) is 1.97. The van der Waals surface area contributed by atoms with E-state index in [1.165, 1.54) is 6.08 Å². The maximum Gasteiger partial charge on any atom is 0.129 e. The zero-order valence-corrected chi connectivity index (χ0v) is 10.2. The van der Waals surface area contributed by atoms with Crippen molar-refractivity contribution in [1.82, 2.24) is 4.90 Å². The molecule has 86 valence electrons. The predicted octanol–water partition coefficient (Wildman–Crippen LogP) is 2.28. The van der Waals surface area contributed by atoms with Crippen LogP contribution in [0.4, 0.5) is 0 Å². The third kappa shape index (κ3) is 3.57. The van der Waals surface area contributed by atoms with Gasteiger partial charge >= 0.3 is 0 Å². The highest BCUT2D eigenvalue weighted by molar-refractivity contribution is 6.34. The highest BCUT2D eigenvalue weighted by Gasteiger charge is 2.08. The van der Waals surface area contributed by atoms with Gasteiger partial charge in [0.1, 0.15) is 23.0 Å². The summed E-state index contributed by atoms with van der Waals surface area (Å²) in [5, 5.41) is 18.3. The highest BCUT2D eigenvalue weighted by atomic mass is 35.5. The molecule has 0 aromatic heterocycles. The average Bonchev–Trinajstić information content (AvgIpc) is 2.31. The molecule has 0 atom stereocenters. The van der Waals surface area contributed by atoms with Gasteiger partial charge < -0.3 is 10.6 Å². The van der Waals surface area contributed by atoms with Gasteiger partial charge in [0.2, 0.25) is 0 Å². The molecule has 1 heterocycles. The van der Waals surface area contributed by atoms with Crippen LogP contribution in [0.2, 0.25) is 0 Å². The van der Waals surface area contributed by atoms with Crippen molar-refractivity contribution in [2.45, 2.75) is 0 Å². The van der Waals surface area contributed by atoms with E-state index in [-0.39, 0.29) is 11.3 Å². The smallest absolute Gasteiger partial charge is 0.129 e. The van der Waals surface area contributed by atoms with Gasteiger partial charge in [-0.1, -0.05) is 23.2 Å². The minimum absolute atomic E-state index is 0.0950. The summed E-state index contributed by atoms with van der Waals surface area (Å²) in [4.78, 5) is 1.66. The van der Waals surface area contributed by atoms with Crippen LogP contribution in [0, 0.1) is 22.7 Å². The second kappa shape index (κ2) is 6.00. The predicted molar refractivity (Wildman–Crippen MR) is 66.2 cm³/mol. The molecule has 2 N–H and O–H groups in total. The van der Waals surface area contributed by atoms with Crippen molar-refractivity contribution in [3.8, 4) is 12.1 Å². The van der Waals surface area contributed by atoms with Crippen LogP contribution < -0.4 is 5.73 Å². The van der Waals surface area contributed by atoms with Crippen LogP contribution >= 0.6 is 23.2 Å². The molecule has 0 saturated heterocycles. The first-order valence-corrected chi connectivity index (χ1v) is 5.31. The van der Waals surface area contributed by atoms with Gasteiger partial charge in [0, 0.05) is 17.8 Å². The summed E-state index contributed by atoms with van der Waals surface area (Å²) < 4.78 is 0. The van der Waals surface area contributed by atoms with Gasteiger partial charge in [-0.15, -0.1) is 0 Å². The van der Waals surface area contributed by atoms with E-state index in [1.54, 1.807) is 29.3 Å². The Hall–Kier alpha value is -1.88. The van der Waals surface area contributed by atoms with Crippen molar-refractivity contribution in [3.05, 3.63) is 45.9 Å². The Morgan fingerprint density at radius 1 is 1.41 bits per heavy atom. The average molecular weight is 267 g/mol. The number of allylic oxidation sites excluding steroid dienone is 5. The number of halogens is 2. The molecule has 0 aromatic rings. The summed E-state index contributed by atoms with van der Waals surface area (Å²) in [5.41, 5.74) is 5.31. The molecule has 0 aliphatic carbocycles. The quantitative estimate of drug-likeness (QED) is 0.473. The van der Waals surface area contributed by atoms with Crippen LogP contribution in [0.3, 0.4) is 0 Å². The second-order valence-corrected chi connectivity index (χ2v) is 3.90. The summed E-state index contributed by atoms with van der Waals surface area (Å²) in [6.45, 7) is 0.496. The molecule has 1 aliphatic rings. The van der Waals surface area contributed by atoms with Crippen LogP contribution in [0.5, 0.6) is 0 Å². The lowest BCUT2D eigenvalue weighted by atomic mass is 10.2. The number of hydrogen-bond donors (Lipinski definition) is 1. The first kappa shape index (κ1) is 13.2. The Balaban J connectivity index is 2.85. The summed E-state index contributed by atoms with van der Waals surface area (Å²) in [5.74, 6) is 0. The van der Waals surface area contributed by atoms with E-state index in [2.05, 4.69) is 0 Å². The Labute approximate surface area is 109 Å². The topological polar surface area (TPSA) is 76.8 Å². The normalized spacial score (nSPS) is 16.8. The monoisotopic (exact) mass is 266 g/mol. The first-order valence-electron chi connectivity index (χ1n) is 4.56. The first-order chi connectivity index (χ1) is 8.08. The molecule has 4 nitrogen and oxygen atoms in total. The minimum atomic E-state index is -0.130. The number of nitriles is 2. The van der Waals surface area contributed by atoms with Crippen molar-refractivity contribution >= 4 is 23.2 Å². The Morgan fingerprint density at radius 3 is 2.65 bits per heavy atom. The van der Waals surface area contributed by atoms with E-state index in [1.807, 2.05) is 6.07 Å². The fourth-order valence-electron chi connectivity index (χ4n) is 1.07. The van der Waals surface area contributed by atoms with E-state index in [0.717, 1.165) is 0 Å². The zero-order chi connectivity index (χ0) is 12.8. The van der Waals surface area contributed by atoms with Crippen LogP contribution in [0.1, 0.15) is 0 Å². The molecule has 1 rings (SSSR count). The van der Waals surface area contributed by atoms with Crippen molar-refractivity contribution < 1.29 is 0 Å². The Morgan fingerprint density at radius 2 is 2.12 bits per heavy atom. The molecule has 0 fully saturated rings. The molecule has 0 bridgehead atoms. The number of rotatable bonds is 2. The molecular weight excluding hydrogens is 259 g/mol. The van der Waals surface area contributed by atoms with E-state index in [0.29, 0.717) is 16.7 Å². The van der Waals surface area contributed by atoms with E-state index < -0.39 is 0 Å². The Bertz CT molecular complexity index is 515. The SMILES string of the molecule is N#C/C(N)=C(C#N)\C=C\N1CC=C(Cl)C=C1Cl. The fourth-order valence-corrected chi connectivity index (χ4v) is 1.54. The largest absolute Gasteiger partial charge is 0.389 e. The fraction of sp³-hybridized carbons (Fsp3) is 0.0909. The van der Waals surface area contributed by atoms with Gasteiger partial charge in [0.25, 0.3) is 0 Å². The van der Waals surface area contributed by atoms with Crippen molar-refractivity contribution in [1.29, 1.82) is 10.5 Å². The maximum atomic E-state index is 8.78. The van der Waals surface area contributed by atoms with E-state index in [9.17, 15) is 0 Å². The minimum Gasteiger partial charge on any atom is -0.389 e. The highest BCUT2D eigenvalue weighted by Crippen LogP contribution is 2.21. The number of nitrogens with zero attached hydrogens (tertiary/aromatic N) is 3. The van der Waals surface area contributed by atoms with Gasteiger partial charge in [-0.2, -0.15) is 10.5 Å². The standard InChI is InChI=1S/C11H8Cl2N4/c12-9-2-4-17(11(13)5-9)3-1-8(6-14)10(16)7-15/h1-3,5H,4,16H2/b3-1+,10-8-. The molecule has 17 heavy (non-hydrogen) atoms. The van der Waals surface area contributed by atoms with Gasteiger partial charge in [-0.3, -0.25) is 0 Å². The summed E-state index contributed by atoms with van der Waals surface area (Å²) >= 11 is 11.7. The van der Waals surface area contributed by atoms with Gasteiger partial charge in [0.15, 0.2) is 0 Å². The van der Waals surface area contributed by atoms with Crippen LogP contribution in [-0.4, -0.2) is 11.4 Å². The molecule has 0 unspecified atom stereocenters. The lowest BCUT2D eigenvalue weighted by Crippen LogP contribution is -2.16. The summed E-state index contributed by atoms with van der Waals surface area (Å²) in [6.07, 6.45) is 6.35. The zero-order valence-electron chi connectivity index (χ0n) is 8.69. The molecule has 0 radical (unpaired) electrons. The molecule has 0 saturated carbocycles. The summed E-state index contributed by atoms with van der Waals surface area (Å²) in [7, 11) is 0. The van der Waals surface area contributed by atoms with Crippen LogP contribution in [0.25, 0.3) is 0 Å². The summed E-state index contributed by atoms with van der Waals surface area (Å²) in [6, 6.07) is 3.54. The molecule has 1 aliphatic heterocycles. The second-order valence-electron chi connectivity index (χ2n) is 3.08. The van der Waals surface area contributed by atoms with E-state index >= 15 is 0 Å². The third-order valence-corrected chi connectivity index (χ3v) is 2.56. The number of hydrogen-bond acceptors (Lipinski definition) is 4. The maximum absolute atomic E-state index is 8.78. The van der Waals surface area contributed by atoms with Gasteiger partial charge in [-0.05, 0) is 18.2 Å². The molecular formula is C11H8Cl2N4. The van der Waals surface area contributed by atoms with Crippen LogP contribution in [0.15, 0.2) is 45.9 Å². The van der Waals surface area contributed by atoms with Crippen molar-refractivity contribution in [2.75, 3.05) is 6.54 Å². The van der Waals surface area contributed by atoms with E-state index in [4.69, 9.17) is 39.5 Å². The Kier molecular flexibility index (Phi) is 4.66. The van der Waals surface area contributed by atoms with Gasteiger partial charge in [0.05, 0.1) is 5.57 Å².